The molecule has 2 rings (SSSR count). The van der Waals surface area contributed by atoms with Gasteiger partial charge in [-0.05, 0) is 66.6 Å². The Morgan fingerprint density at radius 3 is 2.73 bits per heavy atom. The topological polar surface area (TPSA) is 87.6 Å². The third-order valence-electron chi connectivity index (χ3n) is 3.14. The van der Waals surface area contributed by atoms with Crippen molar-refractivity contribution in [2.45, 2.75) is 26.7 Å². The van der Waals surface area contributed by atoms with Gasteiger partial charge in [0.1, 0.15) is 0 Å². The molecule has 0 saturated carbocycles. The van der Waals surface area contributed by atoms with Gasteiger partial charge in [0, 0.05) is 21.4 Å². The Morgan fingerprint density at radius 1 is 1.36 bits per heavy atom. The molecule has 0 fully saturated rings. The molecule has 0 aliphatic carbocycles. The number of hydrogen-bond donors (Lipinski definition) is 2. The molecule has 1 amide bonds. The lowest BCUT2D eigenvalue weighted by Gasteiger charge is -2.17. The molecule has 0 radical (unpaired) electrons. The van der Waals surface area contributed by atoms with Gasteiger partial charge in [0.15, 0.2) is 0 Å². The number of allylic oxidation sites excluding steroid dienone is 2. The highest BCUT2D eigenvalue weighted by Gasteiger charge is 2.20. The van der Waals surface area contributed by atoms with Gasteiger partial charge in [0.2, 0.25) is 5.91 Å². The molecule has 1 aliphatic heterocycles. The van der Waals surface area contributed by atoms with Gasteiger partial charge in [-0.15, -0.1) is 4.40 Å². The molecule has 118 valence electrons. The summed E-state index contributed by atoms with van der Waals surface area (Å²) in [6.07, 6.45) is 0.687. The van der Waals surface area contributed by atoms with Crippen LogP contribution in [-0.2, 0) is 15.0 Å². The molecule has 1 heterocycles. The van der Waals surface area contributed by atoms with Crippen LogP contribution < -0.4 is 10.0 Å². The van der Waals surface area contributed by atoms with E-state index in [1.807, 2.05) is 24.3 Å². The van der Waals surface area contributed by atoms with Gasteiger partial charge in [-0.1, -0.05) is 6.07 Å². The molecule has 0 atom stereocenters. The number of amides is 1. The zero-order chi connectivity index (χ0) is 16.3. The van der Waals surface area contributed by atoms with E-state index in [1.54, 1.807) is 13.8 Å². The minimum absolute atomic E-state index is 0.122. The van der Waals surface area contributed by atoms with Gasteiger partial charge in [-0.3, -0.25) is 9.52 Å². The van der Waals surface area contributed by atoms with Crippen LogP contribution in [0.5, 0.6) is 0 Å². The fraction of sp³-hybridized carbons (Fsp3) is 0.286. The number of nitrogens with zero attached hydrogens (tertiary/aromatic N) is 1. The highest BCUT2D eigenvalue weighted by atomic mass is 127. The van der Waals surface area contributed by atoms with Crippen molar-refractivity contribution in [2.24, 2.45) is 4.40 Å². The van der Waals surface area contributed by atoms with Gasteiger partial charge in [-0.25, -0.2) is 0 Å². The molecule has 0 saturated heterocycles. The monoisotopic (exact) mass is 433 g/mol. The first kappa shape index (κ1) is 16.9. The second-order valence-electron chi connectivity index (χ2n) is 4.92. The fourth-order valence-electron chi connectivity index (χ4n) is 2.18. The van der Waals surface area contributed by atoms with Crippen LogP contribution in [0.15, 0.2) is 39.9 Å². The number of nitrogens with one attached hydrogen (secondary N) is 2. The van der Waals surface area contributed by atoms with Crippen molar-refractivity contribution in [3.63, 3.8) is 0 Å². The summed E-state index contributed by atoms with van der Waals surface area (Å²) in [5.41, 5.74) is 2.46. The second kappa shape index (κ2) is 6.78. The summed E-state index contributed by atoms with van der Waals surface area (Å²) in [4.78, 5) is 12.0. The van der Waals surface area contributed by atoms with Crippen molar-refractivity contribution in [1.82, 2.24) is 4.72 Å². The summed E-state index contributed by atoms with van der Waals surface area (Å²) < 4.78 is 29.8. The van der Waals surface area contributed by atoms with Gasteiger partial charge < -0.3 is 5.32 Å². The van der Waals surface area contributed by atoms with Crippen LogP contribution in [0, 0.1) is 3.57 Å². The van der Waals surface area contributed by atoms with Crippen LogP contribution >= 0.6 is 22.6 Å². The second-order valence-corrected chi connectivity index (χ2v) is 7.50. The van der Waals surface area contributed by atoms with Crippen LogP contribution in [0.1, 0.15) is 26.7 Å². The molecule has 2 N–H and O–H groups in total. The Kier molecular flexibility index (Phi) is 5.22. The van der Waals surface area contributed by atoms with Crippen LogP contribution in [0.2, 0.25) is 0 Å². The Bertz CT molecular complexity index is 769. The summed E-state index contributed by atoms with van der Waals surface area (Å²) in [6.45, 7) is 3.30. The Hall–Kier alpha value is -1.42. The number of benzene rings is 1. The molecule has 6 nitrogen and oxygen atoms in total. The van der Waals surface area contributed by atoms with E-state index >= 15 is 0 Å². The standard InChI is InChI=1S/C14H16IN3O3S/c1-9-13(10(2)18-22(20,21)17-9)6-7-14(19)16-12-5-3-4-11(15)8-12/h3-5,8,17H,6-7H2,1-2H3,(H,16,19). The maximum Gasteiger partial charge on any atom is 0.342 e. The third-order valence-corrected chi connectivity index (χ3v) is 4.89. The van der Waals surface area contributed by atoms with Gasteiger partial charge >= 0.3 is 10.2 Å². The van der Waals surface area contributed by atoms with E-state index in [4.69, 9.17) is 0 Å². The Balaban J connectivity index is 1.98. The summed E-state index contributed by atoms with van der Waals surface area (Å²) >= 11 is 2.18. The molecular formula is C14H16IN3O3S. The van der Waals surface area contributed by atoms with E-state index in [9.17, 15) is 13.2 Å². The average molecular weight is 433 g/mol. The number of carbonyl (C=O) groups is 1. The smallest absolute Gasteiger partial charge is 0.326 e. The molecule has 1 aromatic rings. The Morgan fingerprint density at radius 2 is 2.09 bits per heavy atom. The largest absolute Gasteiger partial charge is 0.342 e. The lowest BCUT2D eigenvalue weighted by atomic mass is 10.0. The maximum atomic E-state index is 12.0. The van der Waals surface area contributed by atoms with Gasteiger partial charge in [0.25, 0.3) is 0 Å². The van der Waals surface area contributed by atoms with Crippen LogP contribution in [0.4, 0.5) is 5.69 Å². The van der Waals surface area contributed by atoms with Gasteiger partial charge in [0.05, 0.1) is 5.71 Å². The zero-order valence-corrected chi connectivity index (χ0v) is 15.2. The quantitative estimate of drug-likeness (QED) is 0.716. The van der Waals surface area contributed by atoms with Crippen molar-refractivity contribution in [1.29, 1.82) is 0 Å². The van der Waals surface area contributed by atoms with E-state index < -0.39 is 10.2 Å². The molecule has 0 aromatic heterocycles. The van der Waals surface area contributed by atoms with Crippen molar-refractivity contribution < 1.29 is 13.2 Å². The summed E-state index contributed by atoms with van der Waals surface area (Å²) in [7, 11) is -3.63. The molecule has 0 spiro atoms. The summed E-state index contributed by atoms with van der Waals surface area (Å²) in [6, 6.07) is 7.52. The number of halogens is 1. The first-order chi connectivity index (χ1) is 10.3. The molecule has 22 heavy (non-hydrogen) atoms. The minimum atomic E-state index is -3.63. The molecule has 0 bridgehead atoms. The number of rotatable bonds is 4. The average Bonchev–Trinajstić information content (AvgIpc) is 2.36. The molecule has 8 heteroatoms. The van der Waals surface area contributed by atoms with E-state index in [0.29, 0.717) is 17.8 Å². The number of carbonyl (C=O) groups excluding carboxylic acids is 1. The Labute approximate surface area is 143 Å². The SMILES string of the molecule is CC1=NS(=O)(=O)NC(C)=C1CCC(=O)Nc1cccc(I)c1. The van der Waals surface area contributed by atoms with Crippen molar-refractivity contribution in [2.75, 3.05) is 5.32 Å². The fourth-order valence-corrected chi connectivity index (χ4v) is 3.75. The van der Waals surface area contributed by atoms with Crippen molar-refractivity contribution in [3.05, 3.63) is 39.1 Å². The highest BCUT2D eigenvalue weighted by Crippen LogP contribution is 2.19. The van der Waals surface area contributed by atoms with Crippen LogP contribution in [0.25, 0.3) is 0 Å². The van der Waals surface area contributed by atoms with E-state index in [1.165, 1.54) is 0 Å². The summed E-state index contributed by atoms with van der Waals surface area (Å²) in [5.74, 6) is -0.122. The molecular weight excluding hydrogens is 417 g/mol. The molecule has 1 aromatic carbocycles. The lowest BCUT2D eigenvalue weighted by Crippen LogP contribution is -2.28. The van der Waals surface area contributed by atoms with Crippen molar-refractivity contribution >= 4 is 50.1 Å². The predicted octanol–water partition coefficient (Wildman–Crippen LogP) is 2.59. The minimum Gasteiger partial charge on any atom is -0.326 e. The third kappa shape index (κ3) is 4.54. The highest BCUT2D eigenvalue weighted by molar-refractivity contribution is 14.1. The predicted molar refractivity (Wildman–Crippen MR) is 94.9 cm³/mol. The zero-order valence-electron chi connectivity index (χ0n) is 12.2. The maximum absolute atomic E-state index is 12.0. The van der Waals surface area contributed by atoms with E-state index in [-0.39, 0.29) is 12.3 Å². The number of anilines is 1. The molecule has 0 unspecified atom stereocenters. The normalized spacial score (nSPS) is 16.8. The van der Waals surface area contributed by atoms with Crippen LogP contribution in [0.3, 0.4) is 0 Å². The van der Waals surface area contributed by atoms with Crippen molar-refractivity contribution in [3.8, 4) is 0 Å². The van der Waals surface area contributed by atoms with E-state index in [0.717, 1.165) is 14.8 Å². The van der Waals surface area contributed by atoms with E-state index in [2.05, 4.69) is 37.0 Å². The van der Waals surface area contributed by atoms with Gasteiger partial charge in [-0.2, -0.15) is 8.42 Å². The lowest BCUT2D eigenvalue weighted by molar-refractivity contribution is -0.116. The van der Waals surface area contributed by atoms with Crippen LogP contribution in [-0.4, -0.2) is 20.0 Å². The number of hydrogen-bond acceptors (Lipinski definition) is 3. The molecule has 1 aliphatic rings. The first-order valence-electron chi connectivity index (χ1n) is 6.62. The first-order valence-corrected chi connectivity index (χ1v) is 9.13. The summed E-state index contributed by atoms with van der Waals surface area (Å²) in [5, 5.41) is 2.82.